The topological polar surface area (TPSA) is 77.8 Å². The van der Waals surface area contributed by atoms with Crippen molar-refractivity contribution in [3.05, 3.63) is 34.0 Å². The number of hydrogen-bond donors (Lipinski definition) is 3. The SMILES string of the molecule is O=C(O)c1ccc(CCC[C@@H]2C(C=CCCCCCCO)[C@H](O)C[C@H]2Cl)s1. The molecule has 0 bridgehead atoms. The molecule has 2 rings (SSSR count). The minimum atomic E-state index is -0.868. The lowest BCUT2D eigenvalue weighted by Gasteiger charge is -2.20. The predicted octanol–water partition coefficient (Wildman–Crippen LogP) is 4.87. The zero-order valence-electron chi connectivity index (χ0n) is 15.7. The van der Waals surface area contributed by atoms with Crippen LogP contribution < -0.4 is 0 Å². The second kappa shape index (κ2) is 11.8. The summed E-state index contributed by atoms with van der Waals surface area (Å²) in [4.78, 5) is 12.4. The molecule has 1 aliphatic carbocycles. The Morgan fingerprint density at radius 2 is 2.00 bits per heavy atom. The number of carbonyl (C=O) groups is 1. The Labute approximate surface area is 170 Å². The summed E-state index contributed by atoms with van der Waals surface area (Å²) in [6, 6.07) is 3.56. The highest BCUT2D eigenvalue weighted by atomic mass is 35.5. The molecule has 6 heteroatoms. The second-order valence-corrected chi connectivity index (χ2v) is 9.11. The smallest absolute Gasteiger partial charge is 0.345 e. The van der Waals surface area contributed by atoms with Gasteiger partial charge in [-0.2, -0.15) is 0 Å². The van der Waals surface area contributed by atoms with E-state index in [4.69, 9.17) is 21.8 Å². The highest BCUT2D eigenvalue weighted by Crippen LogP contribution is 2.40. The fourth-order valence-corrected chi connectivity index (χ4v) is 5.22. The summed E-state index contributed by atoms with van der Waals surface area (Å²) < 4.78 is 0. The normalized spacial score (nSPS) is 25.4. The number of rotatable bonds is 12. The minimum absolute atomic E-state index is 0.00267. The lowest BCUT2D eigenvalue weighted by molar-refractivity contribution is 0.0702. The maximum Gasteiger partial charge on any atom is 0.345 e. The molecule has 1 aromatic rings. The Kier molecular flexibility index (Phi) is 9.83. The quantitative estimate of drug-likeness (QED) is 0.259. The lowest BCUT2D eigenvalue weighted by atomic mass is 9.89. The average molecular weight is 415 g/mol. The van der Waals surface area contributed by atoms with Gasteiger partial charge in [0, 0.05) is 22.8 Å². The van der Waals surface area contributed by atoms with Gasteiger partial charge >= 0.3 is 5.97 Å². The summed E-state index contributed by atoms with van der Waals surface area (Å²) in [5, 5.41) is 28.1. The van der Waals surface area contributed by atoms with Crippen LogP contribution in [0.15, 0.2) is 24.3 Å². The molecule has 4 nitrogen and oxygen atoms in total. The number of carboxylic acid groups (broad SMARTS) is 1. The van der Waals surface area contributed by atoms with Crippen LogP contribution in [0.1, 0.15) is 65.9 Å². The molecule has 1 aliphatic rings. The van der Waals surface area contributed by atoms with Gasteiger partial charge in [0.1, 0.15) is 4.88 Å². The van der Waals surface area contributed by atoms with Crippen molar-refractivity contribution in [3.63, 3.8) is 0 Å². The molecule has 152 valence electrons. The van der Waals surface area contributed by atoms with Crippen molar-refractivity contribution in [2.45, 2.75) is 69.3 Å². The summed E-state index contributed by atoms with van der Waals surface area (Å²) in [5.74, 6) is -0.485. The summed E-state index contributed by atoms with van der Waals surface area (Å²) >= 11 is 7.84. The number of aliphatic hydroxyl groups is 2. The number of carboxylic acids is 1. The molecule has 0 radical (unpaired) electrons. The number of aliphatic hydroxyl groups excluding tert-OH is 2. The summed E-state index contributed by atoms with van der Waals surface area (Å²) in [7, 11) is 0. The van der Waals surface area contributed by atoms with Crippen molar-refractivity contribution in [3.8, 4) is 0 Å². The molecule has 0 aliphatic heterocycles. The first-order valence-corrected chi connectivity index (χ1v) is 11.2. The van der Waals surface area contributed by atoms with Gasteiger partial charge in [-0.1, -0.05) is 25.0 Å². The Morgan fingerprint density at radius 3 is 2.70 bits per heavy atom. The number of allylic oxidation sites excluding steroid dienone is 1. The molecule has 1 aromatic heterocycles. The molecular formula is C21H31ClO4S. The second-order valence-electron chi connectivity index (χ2n) is 7.38. The van der Waals surface area contributed by atoms with Crippen molar-refractivity contribution in [1.29, 1.82) is 0 Å². The Balaban J connectivity index is 1.77. The number of unbranched alkanes of at least 4 members (excludes halogenated alkanes) is 4. The highest BCUT2D eigenvalue weighted by molar-refractivity contribution is 7.13. The number of alkyl halides is 1. The van der Waals surface area contributed by atoms with Gasteiger partial charge in [0.25, 0.3) is 0 Å². The summed E-state index contributed by atoms with van der Waals surface area (Å²) in [5.41, 5.74) is 0. The van der Waals surface area contributed by atoms with E-state index >= 15 is 0 Å². The molecule has 1 unspecified atom stereocenters. The Hall–Kier alpha value is -0.880. The van der Waals surface area contributed by atoms with Crippen LogP contribution in [0.3, 0.4) is 0 Å². The molecule has 3 N–H and O–H groups in total. The average Bonchev–Trinajstić information content (AvgIpc) is 3.20. The van der Waals surface area contributed by atoms with E-state index < -0.39 is 5.97 Å². The van der Waals surface area contributed by atoms with Gasteiger partial charge in [-0.25, -0.2) is 4.79 Å². The molecule has 1 saturated carbocycles. The van der Waals surface area contributed by atoms with Crippen LogP contribution in [0, 0.1) is 11.8 Å². The third-order valence-corrected chi connectivity index (χ3v) is 6.98. The van der Waals surface area contributed by atoms with E-state index in [1.165, 1.54) is 11.3 Å². The van der Waals surface area contributed by atoms with Crippen LogP contribution in [0.5, 0.6) is 0 Å². The van der Waals surface area contributed by atoms with Crippen LogP contribution in [-0.2, 0) is 6.42 Å². The Morgan fingerprint density at radius 1 is 1.22 bits per heavy atom. The minimum Gasteiger partial charge on any atom is -0.477 e. The fraction of sp³-hybridized carbons (Fsp3) is 0.667. The molecule has 0 aromatic carbocycles. The van der Waals surface area contributed by atoms with Gasteiger partial charge in [-0.3, -0.25) is 0 Å². The molecule has 1 fully saturated rings. The van der Waals surface area contributed by atoms with Crippen molar-refractivity contribution >= 4 is 28.9 Å². The Bertz CT molecular complexity index is 601. The van der Waals surface area contributed by atoms with Crippen LogP contribution in [0.2, 0.25) is 0 Å². The van der Waals surface area contributed by atoms with Crippen molar-refractivity contribution in [2.75, 3.05) is 6.61 Å². The van der Waals surface area contributed by atoms with Gasteiger partial charge in [0.15, 0.2) is 0 Å². The van der Waals surface area contributed by atoms with E-state index in [2.05, 4.69) is 12.2 Å². The predicted molar refractivity (Wildman–Crippen MR) is 111 cm³/mol. The third-order valence-electron chi connectivity index (χ3n) is 5.34. The summed E-state index contributed by atoms with van der Waals surface area (Å²) in [6.45, 7) is 0.270. The van der Waals surface area contributed by atoms with Crippen LogP contribution in [-0.4, -0.2) is 39.4 Å². The lowest BCUT2D eigenvalue weighted by Crippen LogP contribution is -2.18. The van der Waals surface area contributed by atoms with Gasteiger partial charge < -0.3 is 15.3 Å². The molecule has 0 spiro atoms. The largest absolute Gasteiger partial charge is 0.477 e. The van der Waals surface area contributed by atoms with Crippen molar-refractivity contribution in [2.24, 2.45) is 11.8 Å². The molecule has 4 atom stereocenters. The zero-order chi connectivity index (χ0) is 19.6. The highest BCUT2D eigenvalue weighted by Gasteiger charge is 2.39. The van der Waals surface area contributed by atoms with E-state index in [1.807, 2.05) is 6.07 Å². The van der Waals surface area contributed by atoms with Gasteiger partial charge in [0.05, 0.1) is 6.10 Å². The van der Waals surface area contributed by atoms with Gasteiger partial charge in [-0.15, -0.1) is 22.9 Å². The molecule has 0 amide bonds. The van der Waals surface area contributed by atoms with E-state index in [0.717, 1.165) is 56.2 Å². The molecular weight excluding hydrogens is 384 g/mol. The van der Waals surface area contributed by atoms with Crippen molar-refractivity contribution in [1.82, 2.24) is 0 Å². The maximum absolute atomic E-state index is 11.0. The number of thiophene rings is 1. The monoisotopic (exact) mass is 414 g/mol. The maximum atomic E-state index is 11.0. The number of aromatic carboxylic acids is 1. The zero-order valence-corrected chi connectivity index (χ0v) is 17.3. The summed E-state index contributed by atoms with van der Waals surface area (Å²) in [6.07, 6.45) is 12.5. The van der Waals surface area contributed by atoms with Gasteiger partial charge in [0.2, 0.25) is 0 Å². The van der Waals surface area contributed by atoms with Crippen molar-refractivity contribution < 1.29 is 20.1 Å². The third kappa shape index (κ3) is 7.22. The van der Waals surface area contributed by atoms with E-state index in [0.29, 0.717) is 11.3 Å². The van der Waals surface area contributed by atoms with E-state index in [9.17, 15) is 9.90 Å². The van der Waals surface area contributed by atoms with Gasteiger partial charge in [-0.05, 0) is 63.0 Å². The standard InChI is InChI=1S/C21H31ClO4S/c22-18-14-19(24)17(9-5-3-1-2-4-6-13-23)16(18)10-7-8-15-11-12-20(27-15)21(25)26/h5,9,11-12,16-19,23-24H,1-4,6-8,10,13-14H2,(H,25,26)/t16-,17?,18-,19-/m1/s1. The first-order chi connectivity index (χ1) is 13.0. The van der Waals surface area contributed by atoms with Crippen LogP contribution in [0.25, 0.3) is 0 Å². The molecule has 0 saturated heterocycles. The molecule has 27 heavy (non-hydrogen) atoms. The van der Waals surface area contributed by atoms with Crippen LogP contribution in [0.4, 0.5) is 0 Å². The first-order valence-electron chi connectivity index (χ1n) is 9.94. The van der Waals surface area contributed by atoms with E-state index in [1.54, 1.807) is 6.07 Å². The number of hydrogen-bond acceptors (Lipinski definition) is 4. The fourth-order valence-electron chi connectivity index (χ4n) is 3.85. The first kappa shape index (κ1) is 22.4. The number of aryl methyl sites for hydroxylation is 1. The molecule has 1 heterocycles. The van der Waals surface area contributed by atoms with Crippen LogP contribution >= 0.6 is 22.9 Å². The van der Waals surface area contributed by atoms with E-state index in [-0.39, 0.29) is 29.9 Å². The number of halogens is 1.